The number of unbranched alkanes of at least 4 members (excludes halogenated alkanes) is 1. The topological polar surface area (TPSA) is 79.2 Å². The molecule has 21 heavy (non-hydrogen) atoms. The summed E-state index contributed by atoms with van der Waals surface area (Å²) in [6, 6.07) is 8.87. The maximum atomic E-state index is 12.0. The van der Waals surface area contributed by atoms with E-state index in [2.05, 4.69) is 4.72 Å². The van der Waals surface area contributed by atoms with Crippen molar-refractivity contribution in [2.75, 3.05) is 12.4 Å². The monoisotopic (exact) mass is 328 g/mol. The number of hydrogen-bond donors (Lipinski definition) is 1. The molecule has 1 N–H and O–H groups in total. The standard InChI is InChI=1S/C14H17ClN2O3S/c15-12-5-3-11(4-6-12)14-13(7-9-20-14)17-21(18,19)10-2-1-8-16/h3-6,13-14,17H,1-2,7,9-10H2/t13-,14+/m1/s1. The molecule has 2 rings (SSSR count). The molecule has 0 aromatic heterocycles. The van der Waals surface area contributed by atoms with Gasteiger partial charge in [-0.1, -0.05) is 23.7 Å². The predicted octanol–water partition coefficient (Wildman–Crippen LogP) is 2.39. The van der Waals surface area contributed by atoms with Crippen molar-refractivity contribution in [3.8, 4) is 6.07 Å². The van der Waals surface area contributed by atoms with Gasteiger partial charge >= 0.3 is 0 Å². The Hall–Kier alpha value is -1.13. The average molecular weight is 329 g/mol. The molecule has 5 nitrogen and oxygen atoms in total. The number of halogens is 1. The summed E-state index contributed by atoms with van der Waals surface area (Å²) in [5.74, 6) is -0.0373. The summed E-state index contributed by atoms with van der Waals surface area (Å²) in [6.45, 7) is 0.513. The Balaban J connectivity index is 2.02. The van der Waals surface area contributed by atoms with Gasteiger partial charge in [-0.15, -0.1) is 0 Å². The van der Waals surface area contributed by atoms with Crippen molar-refractivity contribution >= 4 is 21.6 Å². The van der Waals surface area contributed by atoms with Crippen LogP contribution in [-0.2, 0) is 14.8 Å². The van der Waals surface area contributed by atoms with Crippen LogP contribution < -0.4 is 4.72 Å². The summed E-state index contributed by atoms with van der Waals surface area (Å²) in [5, 5.41) is 9.09. The molecule has 1 aromatic rings. The third kappa shape index (κ3) is 4.68. The number of nitrogens with one attached hydrogen (secondary N) is 1. The summed E-state index contributed by atoms with van der Waals surface area (Å²) in [5.41, 5.74) is 0.904. The number of nitriles is 1. The van der Waals surface area contributed by atoms with Gasteiger partial charge in [0.2, 0.25) is 10.0 Å². The molecule has 1 aliphatic heterocycles. The maximum Gasteiger partial charge on any atom is 0.211 e. The van der Waals surface area contributed by atoms with Gasteiger partial charge in [0.1, 0.15) is 0 Å². The highest BCUT2D eigenvalue weighted by Gasteiger charge is 2.32. The van der Waals surface area contributed by atoms with Gasteiger partial charge in [-0.25, -0.2) is 13.1 Å². The smallest absolute Gasteiger partial charge is 0.211 e. The Morgan fingerprint density at radius 3 is 2.76 bits per heavy atom. The number of sulfonamides is 1. The van der Waals surface area contributed by atoms with Gasteiger partial charge in [0.05, 0.1) is 24.0 Å². The van der Waals surface area contributed by atoms with Gasteiger partial charge in [-0.2, -0.15) is 5.26 Å². The third-order valence-corrected chi connectivity index (χ3v) is 5.06. The molecule has 2 atom stereocenters. The van der Waals surface area contributed by atoms with Crippen molar-refractivity contribution in [3.63, 3.8) is 0 Å². The number of hydrogen-bond acceptors (Lipinski definition) is 4. The van der Waals surface area contributed by atoms with E-state index in [0.717, 1.165) is 5.56 Å². The highest BCUT2D eigenvalue weighted by Crippen LogP contribution is 2.30. The largest absolute Gasteiger partial charge is 0.372 e. The van der Waals surface area contributed by atoms with Gasteiger partial charge in [-0.05, 0) is 30.5 Å². The van der Waals surface area contributed by atoms with Crippen molar-refractivity contribution in [1.82, 2.24) is 4.72 Å². The van der Waals surface area contributed by atoms with Crippen LogP contribution in [0.4, 0.5) is 0 Å². The summed E-state index contributed by atoms with van der Waals surface area (Å²) in [6.07, 6.45) is 0.909. The minimum Gasteiger partial charge on any atom is -0.372 e. The van der Waals surface area contributed by atoms with Crippen LogP contribution in [0, 0.1) is 11.3 Å². The van der Waals surface area contributed by atoms with E-state index in [0.29, 0.717) is 24.5 Å². The second-order valence-corrected chi connectivity index (χ2v) is 7.25. The Labute approximate surface area is 129 Å². The quantitative estimate of drug-likeness (QED) is 0.813. The molecule has 1 heterocycles. The van der Waals surface area contributed by atoms with Crippen LogP contribution in [0.5, 0.6) is 0 Å². The van der Waals surface area contributed by atoms with Crippen molar-refractivity contribution in [3.05, 3.63) is 34.9 Å². The molecule has 0 bridgehead atoms. The molecule has 1 aromatic carbocycles. The third-order valence-electron chi connectivity index (χ3n) is 3.32. The Bertz CT molecular complexity index is 610. The lowest BCUT2D eigenvalue weighted by molar-refractivity contribution is 0.102. The van der Waals surface area contributed by atoms with Crippen LogP contribution >= 0.6 is 11.6 Å². The van der Waals surface area contributed by atoms with Crippen molar-refractivity contribution < 1.29 is 13.2 Å². The lowest BCUT2D eigenvalue weighted by atomic mass is 10.0. The normalized spacial score (nSPS) is 22.1. The summed E-state index contributed by atoms with van der Waals surface area (Å²) in [7, 11) is -3.39. The molecule has 114 valence electrons. The number of ether oxygens (including phenoxy) is 1. The zero-order chi connectivity index (χ0) is 15.3. The number of nitrogens with zero attached hydrogens (tertiary/aromatic N) is 1. The van der Waals surface area contributed by atoms with Crippen molar-refractivity contribution in [1.29, 1.82) is 5.26 Å². The maximum absolute atomic E-state index is 12.0. The van der Waals surface area contributed by atoms with Crippen molar-refractivity contribution in [2.24, 2.45) is 0 Å². The minimum absolute atomic E-state index is 0.0373. The molecule has 0 saturated carbocycles. The number of rotatable bonds is 6. The fourth-order valence-corrected chi connectivity index (χ4v) is 3.79. The van der Waals surface area contributed by atoms with E-state index in [-0.39, 0.29) is 24.3 Å². The SMILES string of the molecule is N#CCCCS(=O)(=O)N[C@@H]1CCO[C@H]1c1ccc(Cl)cc1. The summed E-state index contributed by atoms with van der Waals surface area (Å²) >= 11 is 5.85. The van der Waals surface area contributed by atoms with Gasteiger partial charge in [0.15, 0.2) is 0 Å². The van der Waals surface area contributed by atoms with Crippen LogP contribution in [0.1, 0.15) is 30.9 Å². The fraction of sp³-hybridized carbons (Fsp3) is 0.500. The number of benzene rings is 1. The van der Waals surface area contributed by atoms with Gasteiger partial charge in [0.25, 0.3) is 0 Å². The lowest BCUT2D eigenvalue weighted by Gasteiger charge is -2.20. The molecular weight excluding hydrogens is 312 g/mol. The van der Waals surface area contributed by atoms with E-state index in [4.69, 9.17) is 21.6 Å². The second-order valence-electron chi connectivity index (χ2n) is 4.94. The van der Waals surface area contributed by atoms with Crippen LogP contribution in [0.2, 0.25) is 5.02 Å². The molecule has 1 saturated heterocycles. The molecular formula is C14H17ClN2O3S. The highest BCUT2D eigenvalue weighted by molar-refractivity contribution is 7.89. The zero-order valence-corrected chi connectivity index (χ0v) is 13.0. The first kappa shape index (κ1) is 16.2. The van der Waals surface area contributed by atoms with Crippen LogP contribution in [0.25, 0.3) is 0 Å². The van der Waals surface area contributed by atoms with Gasteiger partial charge in [0, 0.05) is 18.1 Å². The van der Waals surface area contributed by atoms with E-state index in [1.807, 2.05) is 18.2 Å². The zero-order valence-electron chi connectivity index (χ0n) is 11.5. The first-order chi connectivity index (χ1) is 10.0. The average Bonchev–Trinajstić information content (AvgIpc) is 2.87. The first-order valence-corrected chi connectivity index (χ1v) is 8.79. The summed E-state index contributed by atoms with van der Waals surface area (Å²) < 4.78 is 32.3. The van der Waals surface area contributed by atoms with Crippen LogP contribution in [-0.4, -0.2) is 26.8 Å². The van der Waals surface area contributed by atoms with E-state index in [1.165, 1.54) is 0 Å². The molecule has 1 aliphatic rings. The minimum atomic E-state index is -3.39. The molecule has 0 unspecified atom stereocenters. The second kappa shape index (κ2) is 7.23. The Morgan fingerprint density at radius 1 is 1.38 bits per heavy atom. The Kier molecular flexibility index (Phi) is 5.59. The lowest BCUT2D eigenvalue weighted by Crippen LogP contribution is -2.38. The van der Waals surface area contributed by atoms with Gasteiger partial charge < -0.3 is 4.74 Å². The first-order valence-electron chi connectivity index (χ1n) is 6.76. The Morgan fingerprint density at radius 2 is 2.10 bits per heavy atom. The van der Waals surface area contributed by atoms with E-state index < -0.39 is 10.0 Å². The fourth-order valence-electron chi connectivity index (χ4n) is 2.32. The van der Waals surface area contributed by atoms with E-state index in [9.17, 15) is 8.42 Å². The molecule has 1 fully saturated rings. The molecule has 7 heteroatoms. The highest BCUT2D eigenvalue weighted by atomic mass is 35.5. The van der Waals surface area contributed by atoms with Crippen molar-refractivity contribution in [2.45, 2.75) is 31.4 Å². The van der Waals surface area contributed by atoms with E-state index >= 15 is 0 Å². The molecule has 0 radical (unpaired) electrons. The van der Waals surface area contributed by atoms with E-state index in [1.54, 1.807) is 12.1 Å². The van der Waals surface area contributed by atoms with Crippen LogP contribution in [0.3, 0.4) is 0 Å². The van der Waals surface area contributed by atoms with Gasteiger partial charge in [-0.3, -0.25) is 0 Å². The predicted molar refractivity (Wildman–Crippen MR) is 80.3 cm³/mol. The molecule has 0 aliphatic carbocycles. The molecule has 0 amide bonds. The summed E-state index contributed by atoms with van der Waals surface area (Å²) in [4.78, 5) is 0. The molecule has 0 spiro atoms. The van der Waals surface area contributed by atoms with Crippen LogP contribution in [0.15, 0.2) is 24.3 Å².